The van der Waals surface area contributed by atoms with Crippen LogP contribution in [0.5, 0.6) is 0 Å². The maximum atomic E-state index is 4.99. The quantitative estimate of drug-likeness (QED) is 0.211. The lowest BCUT2D eigenvalue weighted by molar-refractivity contribution is 1.08. The molecule has 0 radical (unpaired) electrons. The maximum absolute atomic E-state index is 4.99. The van der Waals surface area contributed by atoms with Crippen LogP contribution < -0.4 is 0 Å². The lowest BCUT2D eigenvalue weighted by atomic mass is 9.90. The van der Waals surface area contributed by atoms with Gasteiger partial charge in [0.2, 0.25) is 0 Å². The van der Waals surface area contributed by atoms with Crippen molar-refractivity contribution in [3.63, 3.8) is 0 Å². The van der Waals surface area contributed by atoms with Gasteiger partial charge in [-0.2, -0.15) is 0 Å². The SMILES string of the molecule is c1ccc(-c2cccc3c2sc2c(-c4cc5c6c7c(ncc8c7c7c(ncc9c7c6c4C9)C8)C5)cccc23)cc1. The summed E-state index contributed by atoms with van der Waals surface area (Å²) < 4.78 is 2.75. The molecule has 3 heteroatoms. The highest BCUT2D eigenvalue weighted by atomic mass is 32.1. The summed E-state index contributed by atoms with van der Waals surface area (Å²) >= 11 is 1.95. The summed E-state index contributed by atoms with van der Waals surface area (Å²) in [6.45, 7) is 0. The van der Waals surface area contributed by atoms with E-state index < -0.39 is 0 Å². The Balaban J connectivity index is 1.27. The Labute approximate surface area is 233 Å². The van der Waals surface area contributed by atoms with Gasteiger partial charge in [-0.15, -0.1) is 11.3 Å². The molecule has 0 saturated heterocycles. The van der Waals surface area contributed by atoms with Crippen molar-refractivity contribution >= 4 is 63.8 Å². The molecule has 0 bridgehead atoms. The van der Waals surface area contributed by atoms with Crippen molar-refractivity contribution in [2.45, 2.75) is 19.3 Å². The minimum Gasteiger partial charge on any atom is -0.260 e. The van der Waals surface area contributed by atoms with Crippen molar-refractivity contribution in [1.29, 1.82) is 0 Å². The average molecular weight is 525 g/mol. The third-order valence-electron chi connectivity index (χ3n) is 9.72. The maximum Gasteiger partial charge on any atom is 0.0533 e. The average Bonchev–Trinajstić information content (AvgIpc) is 3.75. The minimum absolute atomic E-state index is 0.911. The topological polar surface area (TPSA) is 25.8 Å². The van der Waals surface area contributed by atoms with Crippen LogP contribution in [0.15, 0.2) is 85.2 Å². The Kier molecular flexibility index (Phi) is 3.43. The summed E-state index contributed by atoms with van der Waals surface area (Å²) in [5, 5.41) is 11.4. The van der Waals surface area contributed by atoms with Crippen LogP contribution in [0.4, 0.5) is 0 Å². The Hall–Kier alpha value is -4.60. The number of pyridine rings is 2. The number of benzene rings is 5. The van der Waals surface area contributed by atoms with E-state index in [2.05, 4.69) is 85.2 Å². The van der Waals surface area contributed by atoms with Gasteiger partial charge in [0.05, 0.1) is 11.4 Å². The second kappa shape index (κ2) is 6.75. The molecule has 3 aliphatic carbocycles. The summed E-state index contributed by atoms with van der Waals surface area (Å²) in [6, 6.07) is 27.0. The van der Waals surface area contributed by atoms with E-state index in [0.29, 0.717) is 0 Å². The van der Waals surface area contributed by atoms with Gasteiger partial charge in [-0.25, -0.2) is 0 Å². The summed E-state index contributed by atoms with van der Waals surface area (Å²) in [5.74, 6) is 0. The number of hydrogen-bond acceptors (Lipinski definition) is 3. The van der Waals surface area contributed by atoms with Gasteiger partial charge >= 0.3 is 0 Å². The zero-order chi connectivity index (χ0) is 25.7. The fourth-order valence-electron chi connectivity index (χ4n) is 8.16. The molecule has 3 aliphatic rings. The summed E-state index contributed by atoms with van der Waals surface area (Å²) in [7, 11) is 0. The molecule has 2 nitrogen and oxygen atoms in total. The fourth-order valence-corrected chi connectivity index (χ4v) is 9.52. The number of nitrogens with zero attached hydrogens (tertiary/aromatic N) is 2. The summed E-state index contributed by atoms with van der Waals surface area (Å²) in [4.78, 5) is 9.98. The molecule has 11 rings (SSSR count). The van der Waals surface area contributed by atoms with E-state index in [0.717, 1.165) is 19.3 Å². The Morgan fingerprint density at radius 3 is 1.90 bits per heavy atom. The molecule has 0 N–H and O–H groups in total. The first-order chi connectivity index (χ1) is 19.8. The molecule has 3 aromatic heterocycles. The van der Waals surface area contributed by atoms with Crippen LogP contribution in [0.25, 0.3) is 74.7 Å². The molecule has 8 aromatic rings. The number of aromatic nitrogens is 2. The van der Waals surface area contributed by atoms with E-state index >= 15 is 0 Å². The molecule has 0 aliphatic heterocycles. The highest BCUT2D eigenvalue weighted by Gasteiger charge is 2.34. The first kappa shape index (κ1) is 20.3. The predicted molar refractivity (Wildman–Crippen MR) is 167 cm³/mol. The number of rotatable bonds is 2. The zero-order valence-corrected chi connectivity index (χ0v) is 22.3. The largest absolute Gasteiger partial charge is 0.260 e. The number of thiophene rings is 1. The van der Waals surface area contributed by atoms with Gasteiger partial charge in [-0.05, 0) is 72.1 Å². The van der Waals surface area contributed by atoms with Gasteiger partial charge in [0.1, 0.15) is 0 Å². The van der Waals surface area contributed by atoms with E-state index in [1.807, 2.05) is 11.3 Å². The van der Waals surface area contributed by atoms with Gasteiger partial charge in [0.15, 0.2) is 0 Å². The van der Waals surface area contributed by atoms with Gasteiger partial charge in [-0.3, -0.25) is 9.97 Å². The normalized spacial score (nSPS) is 14.2. The van der Waals surface area contributed by atoms with Crippen LogP contribution in [0.1, 0.15) is 33.6 Å². The van der Waals surface area contributed by atoms with Crippen molar-refractivity contribution in [2.24, 2.45) is 0 Å². The third kappa shape index (κ3) is 2.23. The Morgan fingerprint density at radius 1 is 0.500 bits per heavy atom. The van der Waals surface area contributed by atoms with Crippen molar-refractivity contribution < 1.29 is 0 Å². The molecular weight excluding hydrogens is 504 g/mol. The molecule has 5 aromatic carbocycles. The van der Waals surface area contributed by atoms with Crippen LogP contribution in [-0.4, -0.2) is 9.97 Å². The van der Waals surface area contributed by atoms with E-state index in [1.165, 1.54) is 108 Å². The highest BCUT2D eigenvalue weighted by molar-refractivity contribution is 7.26. The second-order valence-electron chi connectivity index (χ2n) is 11.6. The van der Waals surface area contributed by atoms with Crippen LogP contribution in [0.3, 0.4) is 0 Å². The fraction of sp³-hybridized carbons (Fsp3) is 0.0811. The molecule has 40 heavy (non-hydrogen) atoms. The third-order valence-corrected chi connectivity index (χ3v) is 11.0. The van der Waals surface area contributed by atoms with Gasteiger partial charge < -0.3 is 0 Å². The first-order valence-electron chi connectivity index (χ1n) is 14.0. The van der Waals surface area contributed by atoms with Gasteiger partial charge in [-0.1, -0.05) is 66.7 Å². The molecule has 0 fully saturated rings. The van der Waals surface area contributed by atoms with Gasteiger partial charge in [0, 0.05) is 62.6 Å². The monoisotopic (exact) mass is 524 g/mol. The number of fused-ring (bicyclic) bond motifs is 3. The van der Waals surface area contributed by atoms with Gasteiger partial charge in [0.25, 0.3) is 0 Å². The highest BCUT2D eigenvalue weighted by Crippen LogP contribution is 2.55. The van der Waals surface area contributed by atoms with E-state index in [4.69, 9.17) is 9.97 Å². The van der Waals surface area contributed by atoms with Crippen LogP contribution >= 0.6 is 11.3 Å². The first-order valence-corrected chi connectivity index (χ1v) is 14.9. The predicted octanol–water partition coefficient (Wildman–Crippen LogP) is 9.35. The van der Waals surface area contributed by atoms with Crippen LogP contribution in [0, 0.1) is 0 Å². The molecular formula is C37H20N2S. The molecule has 0 atom stereocenters. The molecule has 0 amide bonds. The molecule has 184 valence electrons. The zero-order valence-electron chi connectivity index (χ0n) is 21.5. The van der Waals surface area contributed by atoms with Crippen LogP contribution in [0.2, 0.25) is 0 Å². The molecule has 0 unspecified atom stereocenters. The van der Waals surface area contributed by atoms with E-state index in [9.17, 15) is 0 Å². The lowest BCUT2D eigenvalue weighted by Gasteiger charge is -2.13. The summed E-state index contributed by atoms with van der Waals surface area (Å²) in [6.07, 6.45) is 7.07. The van der Waals surface area contributed by atoms with Crippen molar-refractivity contribution in [3.8, 4) is 22.3 Å². The lowest BCUT2D eigenvalue weighted by Crippen LogP contribution is -1.92. The standard InChI is InChI=1S/C37H20N2S/c1-2-6-18(7-3-1)22-8-4-9-23-24-10-5-11-25(37(24)40-36(22)23)26-12-19-14-28-34-30(19)33-27(26)13-20-16-38-29-15-21(17-39-28)32(34)35(29)31(20)33/h1-12,16-17H,13-15H2. The van der Waals surface area contributed by atoms with Crippen LogP contribution in [-0.2, 0) is 19.3 Å². The summed E-state index contributed by atoms with van der Waals surface area (Å²) in [5.41, 5.74) is 13.5. The minimum atomic E-state index is 0.911. The molecule has 3 heterocycles. The molecule has 0 spiro atoms. The van der Waals surface area contributed by atoms with Crippen molar-refractivity contribution in [3.05, 3.63) is 119 Å². The Morgan fingerprint density at radius 2 is 1.12 bits per heavy atom. The smallest absolute Gasteiger partial charge is 0.0533 e. The Bertz CT molecular complexity index is 2470. The van der Waals surface area contributed by atoms with E-state index in [-0.39, 0.29) is 0 Å². The number of hydrogen-bond donors (Lipinski definition) is 0. The molecule has 0 saturated carbocycles. The second-order valence-corrected chi connectivity index (χ2v) is 12.7. The van der Waals surface area contributed by atoms with E-state index in [1.54, 1.807) is 0 Å². The van der Waals surface area contributed by atoms with Crippen molar-refractivity contribution in [2.75, 3.05) is 0 Å². The van der Waals surface area contributed by atoms with Crippen molar-refractivity contribution in [1.82, 2.24) is 9.97 Å².